The number of benzene rings is 2. The Balaban J connectivity index is 1.48. The maximum Gasteiger partial charge on any atom is 0.227 e. The number of aryl methyl sites for hydroxylation is 1. The number of rotatable bonds is 7. The van der Waals surface area contributed by atoms with Gasteiger partial charge in [0.15, 0.2) is 0 Å². The number of aromatic nitrogens is 2. The van der Waals surface area contributed by atoms with E-state index in [9.17, 15) is 4.79 Å². The van der Waals surface area contributed by atoms with E-state index >= 15 is 0 Å². The van der Waals surface area contributed by atoms with E-state index in [1.807, 2.05) is 36.4 Å². The van der Waals surface area contributed by atoms with Crippen molar-refractivity contribution >= 4 is 17.5 Å². The van der Waals surface area contributed by atoms with Crippen LogP contribution in [0.2, 0.25) is 5.02 Å². The third-order valence-electron chi connectivity index (χ3n) is 3.77. The summed E-state index contributed by atoms with van der Waals surface area (Å²) in [6, 6.07) is 14.7. The molecule has 0 bridgehead atoms. The Morgan fingerprint density at radius 2 is 2.04 bits per heavy atom. The summed E-state index contributed by atoms with van der Waals surface area (Å²) in [4.78, 5) is 16.3. The van der Waals surface area contributed by atoms with Crippen molar-refractivity contribution in [3.8, 4) is 17.1 Å². The van der Waals surface area contributed by atoms with Gasteiger partial charge in [-0.1, -0.05) is 41.0 Å². The summed E-state index contributed by atoms with van der Waals surface area (Å²) in [6.45, 7) is 0.459. The molecule has 3 rings (SSSR count). The van der Waals surface area contributed by atoms with Gasteiger partial charge in [-0.05, 0) is 29.8 Å². The first-order valence-corrected chi connectivity index (χ1v) is 8.50. The van der Waals surface area contributed by atoms with Crippen LogP contribution in [0.3, 0.4) is 0 Å². The summed E-state index contributed by atoms with van der Waals surface area (Å²) in [5.74, 6) is 1.58. The third kappa shape index (κ3) is 4.83. The first-order valence-electron chi connectivity index (χ1n) is 8.12. The Kier molecular flexibility index (Phi) is 5.86. The fourth-order valence-electron chi connectivity index (χ4n) is 2.35. The third-order valence-corrected chi connectivity index (χ3v) is 4.00. The van der Waals surface area contributed by atoms with Crippen LogP contribution in [0, 0.1) is 0 Å². The lowest BCUT2D eigenvalue weighted by atomic mass is 10.2. The van der Waals surface area contributed by atoms with Gasteiger partial charge in [-0.3, -0.25) is 4.79 Å². The van der Waals surface area contributed by atoms with Crippen LogP contribution in [0.4, 0.5) is 0 Å². The number of halogens is 1. The zero-order chi connectivity index (χ0) is 18.4. The Hall–Kier alpha value is -2.86. The molecule has 0 radical (unpaired) electrons. The van der Waals surface area contributed by atoms with E-state index in [4.69, 9.17) is 20.9 Å². The highest BCUT2D eigenvalue weighted by molar-refractivity contribution is 6.30. The zero-order valence-corrected chi connectivity index (χ0v) is 15.0. The molecule has 0 aliphatic heterocycles. The molecule has 1 aromatic heterocycles. The number of amides is 1. The topological polar surface area (TPSA) is 77.2 Å². The first-order chi connectivity index (χ1) is 12.6. The molecule has 0 saturated carbocycles. The molecule has 6 nitrogen and oxygen atoms in total. The number of methoxy groups -OCH3 is 1. The van der Waals surface area contributed by atoms with E-state index in [1.54, 1.807) is 19.2 Å². The van der Waals surface area contributed by atoms with Crippen LogP contribution in [-0.4, -0.2) is 23.2 Å². The summed E-state index contributed by atoms with van der Waals surface area (Å²) in [5.41, 5.74) is 1.77. The minimum absolute atomic E-state index is 0.0803. The second kappa shape index (κ2) is 8.49. The van der Waals surface area contributed by atoms with Gasteiger partial charge in [-0.25, -0.2) is 0 Å². The molecule has 7 heteroatoms. The van der Waals surface area contributed by atoms with Gasteiger partial charge in [-0.15, -0.1) is 0 Å². The van der Waals surface area contributed by atoms with Crippen LogP contribution in [0.1, 0.15) is 17.9 Å². The van der Waals surface area contributed by atoms with Crippen molar-refractivity contribution in [2.75, 3.05) is 7.11 Å². The molecule has 0 atom stereocenters. The minimum Gasteiger partial charge on any atom is -0.497 e. The molecule has 1 heterocycles. The average molecular weight is 372 g/mol. The highest BCUT2D eigenvalue weighted by Gasteiger charge is 2.11. The van der Waals surface area contributed by atoms with E-state index in [0.29, 0.717) is 29.7 Å². The number of carbonyl (C=O) groups excluding carboxylic acids is 1. The Labute approximate surface area is 156 Å². The maximum absolute atomic E-state index is 12.0. The van der Waals surface area contributed by atoms with Gasteiger partial charge in [0.1, 0.15) is 5.75 Å². The van der Waals surface area contributed by atoms with Gasteiger partial charge >= 0.3 is 0 Å². The maximum atomic E-state index is 12.0. The fourth-order valence-corrected chi connectivity index (χ4v) is 2.54. The van der Waals surface area contributed by atoms with E-state index in [1.165, 1.54) is 0 Å². The average Bonchev–Trinajstić information content (AvgIpc) is 3.14. The molecule has 0 spiro atoms. The van der Waals surface area contributed by atoms with Crippen LogP contribution in [0.25, 0.3) is 11.4 Å². The molecule has 0 fully saturated rings. The molecule has 0 unspecified atom stereocenters. The van der Waals surface area contributed by atoms with Crippen molar-refractivity contribution in [2.45, 2.75) is 19.4 Å². The van der Waals surface area contributed by atoms with Crippen LogP contribution in [0.5, 0.6) is 5.75 Å². The summed E-state index contributed by atoms with van der Waals surface area (Å²) >= 11 is 5.96. The predicted octanol–water partition coefficient (Wildman–Crippen LogP) is 3.65. The van der Waals surface area contributed by atoms with Gasteiger partial charge in [-0.2, -0.15) is 4.98 Å². The SMILES string of the molecule is COc1ccc(CNC(=O)CCc2nc(-c3cccc(Cl)c3)no2)cc1. The lowest BCUT2D eigenvalue weighted by Gasteiger charge is -2.05. The molecule has 3 aromatic rings. The van der Waals surface area contributed by atoms with Crippen LogP contribution in [0.15, 0.2) is 53.1 Å². The highest BCUT2D eigenvalue weighted by atomic mass is 35.5. The number of carbonyl (C=O) groups is 1. The van der Waals surface area contributed by atoms with Crippen molar-refractivity contribution < 1.29 is 14.1 Å². The minimum atomic E-state index is -0.0803. The molecule has 134 valence electrons. The second-order valence-corrected chi connectivity index (χ2v) is 6.08. The van der Waals surface area contributed by atoms with Crippen LogP contribution in [-0.2, 0) is 17.8 Å². The summed E-state index contributed by atoms with van der Waals surface area (Å²) < 4.78 is 10.3. The van der Waals surface area contributed by atoms with E-state index < -0.39 is 0 Å². The van der Waals surface area contributed by atoms with Gasteiger partial charge in [0.2, 0.25) is 17.6 Å². The smallest absolute Gasteiger partial charge is 0.227 e. The molecule has 26 heavy (non-hydrogen) atoms. The summed E-state index contributed by atoms with van der Waals surface area (Å²) in [5, 5.41) is 7.40. The molecule has 0 saturated heterocycles. The quantitative estimate of drug-likeness (QED) is 0.686. The van der Waals surface area contributed by atoms with Gasteiger partial charge in [0.05, 0.1) is 7.11 Å². The van der Waals surface area contributed by atoms with E-state index in [-0.39, 0.29) is 12.3 Å². The van der Waals surface area contributed by atoms with Gasteiger partial charge in [0, 0.05) is 30.0 Å². The summed E-state index contributed by atoms with van der Waals surface area (Å²) in [7, 11) is 1.62. The Bertz CT molecular complexity index is 878. The van der Waals surface area contributed by atoms with Gasteiger partial charge in [0.25, 0.3) is 0 Å². The number of ether oxygens (including phenoxy) is 1. The number of nitrogens with zero attached hydrogens (tertiary/aromatic N) is 2. The number of hydrogen-bond donors (Lipinski definition) is 1. The van der Waals surface area contributed by atoms with Crippen molar-refractivity contribution in [3.63, 3.8) is 0 Å². The van der Waals surface area contributed by atoms with Crippen LogP contribution < -0.4 is 10.1 Å². The fraction of sp³-hybridized carbons (Fsp3) is 0.211. The summed E-state index contributed by atoms with van der Waals surface area (Å²) in [6.07, 6.45) is 0.648. The predicted molar refractivity (Wildman–Crippen MR) is 97.9 cm³/mol. The lowest BCUT2D eigenvalue weighted by molar-refractivity contribution is -0.121. The molecule has 2 aromatic carbocycles. The largest absolute Gasteiger partial charge is 0.497 e. The zero-order valence-electron chi connectivity index (χ0n) is 14.2. The van der Waals surface area contributed by atoms with Crippen molar-refractivity contribution in [3.05, 3.63) is 65.0 Å². The molecule has 1 N–H and O–H groups in total. The Morgan fingerprint density at radius 3 is 2.77 bits per heavy atom. The number of hydrogen-bond acceptors (Lipinski definition) is 5. The molecular weight excluding hydrogens is 354 g/mol. The van der Waals surface area contributed by atoms with Crippen LogP contribution >= 0.6 is 11.6 Å². The standard InChI is InChI=1S/C19H18ClN3O3/c1-25-16-7-5-13(6-8-16)12-21-17(24)9-10-18-22-19(23-26-18)14-3-2-4-15(20)11-14/h2-8,11H,9-10,12H2,1H3,(H,21,24). The Morgan fingerprint density at radius 1 is 1.23 bits per heavy atom. The second-order valence-electron chi connectivity index (χ2n) is 5.65. The lowest BCUT2D eigenvalue weighted by Crippen LogP contribution is -2.23. The number of nitrogens with one attached hydrogen (secondary N) is 1. The van der Waals surface area contributed by atoms with Gasteiger partial charge < -0.3 is 14.6 Å². The van der Waals surface area contributed by atoms with E-state index in [0.717, 1.165) is 16.9 Å². The molecule has 0 aliphatic rings. The normalized spacial score (nSPS) is 10.5. The highest BCUT2D eigenvalue weighted by Crippen LogP contribution is 2.20. The molecular formula is C19H18ClN3O3. The van der Waals surface area contributed by atoms with E-state index in [2.05, 4.69) is 15.5 Å². The first kappa shape index (κ1) is 17.9. The van der Waals surface area contributed by atoms with Crippen molar-refractivity contribution in [1.29, 1.82) is 0 Å². The molecule has 0 aliphatic carbocycles. The van der Waals surface area contributed by atoms with Crippen molar-refractivity contribution in [2.24, 2.45) is 0 Å². The molecule has 1 amide bonds. The van der Waals surface area contributed by atoms with Crippen molar-refractivity contribution in [1.82, 2.24) is 15.5 Å². The monoisotopic (exact) mass is 371 g/mol.